The zero-order valence-electron chi connectivity index (χ0n) is 8.59. The summed E-state index contributed by atoms with van der Waals surface area (Å²) in [5, 5.41) is 3.72. The van der Waals surface area contributed by atoms with Gasteiger partial charge in [0, 0.05) is 11.8 Å². The molecule has 2 heteroatoms. The van der Waals surface area contributed by atoms with Crippen molar-refractivity contribution in [2.75, 3.05) is 18.1 Å². The molecule has 0 bridgehead atoms. The predicted molar refractivity (Wildman–Crippen MR) is 60.2 cm³/mol. The van der Waals surface area contributed by atoms with Gasteiger partial charge in [0.2, 0.25) is 0 Å². The molecule has 0 aromatic rings. The van der Waals surface area contributed by atoms with E-state index < -0.39 is 0 Å². The molecule has 13 heavy (non-hydrogen) atoms. The zero-order valence-corrected chi connectivity index (χ0v) is 9.41. The summed E-state index contributed by atoms with van der Waals surface area (Å²) in [6.45, 7) is 3.66. The number of hydrogen-bond donors (Lipinski definition) is 1. The van der Waals surface area contributed by atoms with Crippen LogP contribution in [0.5, 0.6) is 0 Å². The van der Waals surface area contributed by atoms with E-state index in [4.69, 9.17) is 0 Å². The van der Waals surface area contributed by atoms with Crippen molar-refractivity contribution in [1.29, 1.82) is 0 Å². The van der Waals surface area contributed by atoms with Crippen molar-refractivity contribution in [2.24, 2.45) is 11.8 Å². The van der Waals surface area contributed by atoms with Gasteiger partial charge in [-0.2, -0.15) is 11.8 Å². The highest BCUT2D eigenvalue weighted by Crippen LogP contribution is 2.36. The highest BCUT2D eigenvalue weighted by atomic mass is 32.2. The van der Waals surface area contributed by atoms with Crippen molar-refractivity contribution >= 4 is 11.8 Å². The summed E-state index contributed by atoms with van der Waals surface area (Å²) >= 11 is 2.12. The first-order valence-electron chi connectivity index (χ1n) is 5.67. The maximum atomic E-state index is 3.72. The topological polar surface area (TPSA) is 12.0 Å². The van der Waals surface area contributed by atoms with Gasteiger partial charge in [0.25, 0.3) is 0 Å². The standard InChI is InChI=1S/C11H21NS/c1-9(10-4-5-10)7-12-11-3-2-6-13-8-11/h9-12H,2-8H2,1H3. The third-order valence-electron chi connectivity index (χ3n) is 3.32. The third kappa shape index (κ3) is 3.17. The molecule has 0 aromatic carbocycles. The van der Waals surface area contributed by atoms with Gasteiger partial charge in [-0.25, -0.2) is 0 Å². The van der Waals surface area contributed by atoms with E-state index in [2.05, 4.69) is 24.0 Å². The largest absolute Gasteiger partial charge is 0.313 e. The lowest BCUT2D eigenvalue weighted by molar-refractivity contribution is 0.414. The fourth-order valence-electron chi connectivity index (χ4n) is 2.09. The lowest BCUT2D eigenvalue weighted by Gasteiger charge is -2.24. The summed E-state index contributed by atoms with van der Waals surface area (Å²) in [6, 6.07) is 0.819. The Labute approximate surface area is 86.0 Å². The molecule has 2 aliphatic rings. The normalized spacial score (nSPS) is 31.6. The van der Waals surface area contributed by atoms with Crippen LogP contribution in [-0.4, -0.2) is 24.1 Å². The van der Waals surface area contributed by atoms with Crippen molar-refractivity contribution in [3.8, 4) is 0 Å². The first kappa shape index (κ1) is 9.85. The fraction of sp³-hybridized carbons (Fsp3) is 1.00. The maximum absolute atomic E-state index is 3.72. The van der Waals surface area contributed by atoms with Crippen LogP contribution in [0.15, 0.2) is 0 Å². The predicted octanol–water partition coefficient (Wildman–Crippen LogP) is 2.52. The van der Waals surface area contributed by atoms with Gasteiger partial charge in [-0.1, -0.05) is 6.92 Å². The van der Waals surface area contributed by atoms with Gasteiger partial charge >= 0.3 is 0 Å². The van der Waals surface area contributed by atoms with Crippen molar-refractivity contribution < 1.29 is 0 Å². The molecule has 2 fully saturated rings. The zero-order chi connectivity index (χ0) is 9.10. The number of thioether (sulfide) groups is 1. The monoisotopic (exact) mass is 199 g/mol. The van der Waals surface area contributed by atoms with E-state index >= 15 is 0 Å². The van der Waals surface area contributed by atoms with E-state index in [0.29, 0.717) is 0 Å². The Morgan fingerprint density at radius 3 is 2.85 bits per heavy atom. The Kier molecular flexibility index (Phi) is 3.56. The highest BCUT2D eigenvalue weighted by Gasteiger charge is 2.28. The number of rotatable bonds is 4. The van der Waals surface area contributed by atoms with E-state index in [1.54, 1.807) is 0 Å². The van der Waals surface area contributed by atoms with Crippen LogP contribution < -0.4 is 5.32 Å². The van der Waals surface area contributed by atoms with Crippen LogP contribution in [0.3, 0.4) is 0 Å². The molecule has 2 rings (SSSR count). The van der Waals surface area contributed by atoms with Crippen molar-refractivity contribution in [2.45, 2.75) is 38.6 Å². The number of nitrogens with one attached hydrogen (secondary N) is 1. The molecule has 0 radical (unpaired) electrons. The molecule has 1 nitrogen and oxygen atoms in total. The summed E-state index contributed by atoms with van der Waals surface area (Å²) in [5.74, 6) is 4.71. The molecule has 0 spiro atoms. The highest BCUT2D eigenvalue weighted by molar-refractivity contribution is 7.99. The Bertz CT molecular complexity index is 150. The molecular weight excluding hydrogens is 178 g/mol. The molecule has 0 aromatic heterocycles. The second-order valence-electron chi connectivity index (χ2n) is 4.64. The third-order valence-corrected chi connectivity index (χ3v) is 4.53. The first-order chi connectivity index (χ1) is 6.36. The Morgan fingerprint density at radius 1 is 1.38 bits per heavy atom. The van der Waals surface area contributed by atoms with Crippen LogP contribution in [0.25, 0.3) is 0 Å². The second-order valence-corrected chi connectivity index (χ2v) is 5.79. The summed E-state index contributed by atoms with van der Waals surface area (Å²) in [4.78, 5) is 0. The minimum absolute atomic E-state index is 0.819. The quantitative estimate of drug-likeness (QED) is 0.746. The molecule has 2 atom stereocenters. The van der Waals surface area contributed by atoms with Crippen molar-refractivity contribution in [3.63, 3.8) is 0 Å². The number of hydrogen-bond acceptors (Lipinski definition) is 2. The Balaban J connectivity index is 1.60. The summed E-state index contributed by atoms with van der Waals surface area (Å²) in [7, 11) is 0. The smallest absolute Gasteiger partial charge is 0.0158 e. The van der Waals surface area contributed by atoms with Gasteiger partial charge in [-0.05, 0) is 49.8 Å². The van der Waals surface area contributed by atoms with E-state index in [-0.39, 0.29) is 0 Å². The summed E-state index contributed by atoms with van der Waals surface area (Å²) in [5.41, 5.74) is 0. The van der Waals surface area contributed by atoms with E-state index in [1.165, 1.54) is 43.7 Å². The molecule has 1 aliphatic carbocycles. The molecule has 76 valence electrons. The van der Waals surface area contributed by atoms with Crippen LogP contribution in [0, 0.1) is 11.8 Å². The van der Waals surface area contributed by atoms with E-state index in [9.17, 15) is 0 Å². The molecule has 1 heterocycles. The van der Waals surface area contributed by atoms with Gasteiger partial charge in [0.1, 0.15) is 0 Å². The van der Waals surface area contributed by atoms with Gasteiger partial charge in [0.15, 0.2) is 0 Å². The van der Waals surface area contributed by atoms with E-state index in [1.807, 2.05) is 0 Å². The van der Waals surface area contributed by atoms with Crippen LogP contribution in [0.1, 0.15) is 32.6 Å². The van der Waals surface area contributed by atoms with E-state index in [0.717, 1.165) is 17.9 Å². The van der Waals surface area contributed by atoms with Crippen molar-refractivity contribution in [1.82, 2.24) is 5.32 Å². The van der Waals surface area contributed by atoms with Crippen LogP contribution in [0.4, 0.5) is 0 Å². The first-order valence-corrected chi connectivity index (χ1v) is 6.83. The minimum atomic E-state index is 0.819. The Hall–Kier alpha value is 0.310. The van der Waals surface area contributed by atoms with Gasteiger partial charge < -0.3 is 5.32 Å². The lowest BCUT2D eigenvalue weighted by Crippen LogP contribution is -2.36. The minimum Gasteiger partial charge on any atom is -0.313 e. The molecule has 1 saturated carbocycles. The molecular formula is C11H21NS. The van der Waals surface area contributed by atoms with Crippen LogP contribution >= 0.6 is 11.8 Å². The fourth-order valence-corrected chi connectivity index (χ4v) is 3.19. The molecule has 1 saturated heterocycles. The van der Waals surface area contributed by atoms with Gasteiger partial charge in [-0.15, -0.1) is 0 Å². The lowest BCUT2D eigenvalue weighted by atomic mass is 10.1. The maximum Gasteiger partial charge on any atom is 0.0158 e. The van der Waals surface area contributed by atoms with Crippen LogP contribution in [0.2, 0.25) is 0 Å². The SMILES string of the molecule is CC(CNC1CCCSC1)C1CC1. The average molecular weight is 199 g/mol. The summed E-state index contributed by atoms with van der Waals surface area (Å²) in [6.07, 6.45) is 5.80. The average Bonchev–Trinajstić information content (AvgIpc) is 2.99. The van der Waals surface area contributed by atoms with Gasteiger partial charge in [-0.3, -0.25) is 0 Å². The molecule has 1 N–H and O–H groups in total. The van der Waals surface area contributed by atoms with Crippen LogP contribution in [-0.2, 0) is 0 Å². The molecule has 2 unspecified atom stereocenters. The Morgan fingerprint density at radius 2 is 2.23 bits per heavy atom. The molecule has 1 aliphatic heterocycles. The van der Waals surface area contributed by atoms with Gasteiger partial charge in [0.05, 0.1) is 0 Å². The molecule has 0 amide bonds. The summed E-state index contributed by atoms with van der Waals surface area (Å²) < 4.78 is 0. The second kappa shape index (κ2) is 4.70. The van der Waals surface area contributed by atoms with Crippen molar-refractivity contribution in [3.05, 3.63) is 0 Å².